The molecule has 3 aromatic carbocycles. The molecule has 0 spiro atoms. The summed E-state index contributed by atoms with van der Waals surface area (Å²) in [6.07, 6.45) is 3.88. The van der Waals surface area contributed by atoms with Gasteiger partial charge >= 0.3 is 0 Å². The van der Waals surface area contributed by atoms with Crippen LogP contribution in [0.4, 0.5) is 0 Å². The number of aromatic nitrogens is 1. The Bertz CT molecular complexity index is 1930. The van der Waals surface area contributed by atoms with Crippen LogP contribution >= 0.6 is 23.2 Å². The van der Waals surface area contributed by atoms with Crippen molar-refractivity contribution in [3.8, 4) is 34.4 Å². The van der Waals surface area contributed by atoms with Crippen molar-refractivity contribution in [3.05, 3.63) is 105 Å². The second-order valence-corrected chi connectivity index (χ2v) is 14.1. The number of nitrogens with one attached hydrogen (secondary N) is 3. The Balaban J connectivity index is 1.41. The predicted molar refractivity (Wildman–Crippen MR) is 204 cm³/mol. The molecule has 2 atom stereocenters. The normalized spacial score (nSPS) is 15.9. The Labute approximate surface area is 320 Å². The monoisotopic (exact) mass is 761 g/mol. The number of carbonyl (C=O) groups excluding carboxylic acids is 1. The third-order valence-corrected chi connectivity index (χ3v) is 10.0. The van der Waals surface area contributed by atoms with Crippen LogP contribution in [-0.4, -0.2) is 58.7 Å². The molecule has 53 heavy (non-hydrogen) atoms. The highest BCUT2D eigenvalue weighted by molar-refractivity contribution is 6.33. The van der Waals surface area contributed by atoms with Crippen LogP contribution in [0.15, 0.2) is 67.0 Å². The smallest absolute Gasteiger partial charge is 0.217 e. The van der Waals surface area contributed by atoms with Crippen molar-refractivity contribution in [1.82, 2.24) is 20.9 Å². The van der Waals surface area contributed by atoms with Gasteiger partial charge in [-0.25, -0.2) is 0 Å². The van der Waals surface area contributed by atoms with Crippen molar-refractivity contribution in [3.63, 3.8) is 0 Å². The molecule has 0 radical (unpaired) electrons. The van der Waals surface area contributed by atoms with Gasteiger partial charge in [-0.2, -0.15) is 5.26 Å². The third-order valence-electron chi connectivity index (χ3n) is 9.24. The van der Waals surface area contributed by atoms with Gasteiger partial charge in [0.1, 0.15) is 36.5 Å². The van der Waals surface area contributed by atoms with Crippen LogP contribution in [0, 0.1) is 18.3 Å². The van der Waals surface area contributed by atoms with Gasteiger partial charge in [0.2, 0.25) is 5.91 Å². The number of hydrogen-bond donors (Lipinski definition) is 5. The zero-order chi connectivity index (χ0) is 38.0. The number of rotatable bonds is 17. The molecule has 1 aliphatic heterocycles. The quantitative estimate of drug-likeness (QED) is 0.0619. The molecule has 2 heterocycles. The Kier molecular flexibility index (Phi) is 13.9. The fourth-order valence-corrected chi connectivity index (χ4v) is 6.86. The van der Waals surface area contributed by atoms with Gasteiger partial charge in [-0.15, -0.1) is 0 Å². The van der Waals surface area contributed by atoms with E-state index in [9.17, 15) is 20.3 Å². The van der Waals surface area contributed by atoms with Crippen molar-refractivity contribution < 1.29 is 29.2 Å². The standard InChI is InChI=1S/C40H45Cl2N5O6/c1-25-33(34-7-4-5-8-35(34)41)10-9-30(38(25)51-14-6-11-40(47-27(3)48)12-13-44-24-40)23-53-36-17-32(52-22-29-15-28(18-43)19-45-20-29)16-31(37(36)42)21-46-26(2)39(49)50/h4-5,7-10,15-17,19-20,26,39,44,46,49-50H,6,11-14,21-24H2,1-3H3,(H,47,48)/t26?,40-/m0/s1. The van der Waals surface area contributed by atoms with E-state index in [4.69, 9.17) is 37.4 Å². The first kappa shape index (κ1) is 39.8. The van der Waals surface area contributed by atoms with E-state index in [1.807, 2.05) is 43.3 Å². The van der Waals surface area contributed by atoms with Crippen LogP contribution in [0.1, 0.15) is 60.9 Å². The molecule has 4 aromatic rings. The van der Waals surface area contributed by atoms with Crippen LogP contribution < -0.4 is 30.2 Å². The lowest BCUT2D eigenvalue weighted by Crippen LogP contribution is -2.49. The molecule has 5 N–H and O–H groups in total. The molecule has 5 rings (SSSR count). The second-order valence-electron chi connectivity index (χ2n) is 13.3. The number of halogens is 2. The summed E-state index contributed by atoms with van der Waals surface area (Å²) >= 11 is 13.5. The van der Waals surface area contributed by atoms with Gasteiger partial charge in [-0.3, -0.25) is 9.78 Å². The van der Waals surface area contributed by atoms with Crippen LogP contribution in [0.5, 0.6) is 17.2 Å². The number of benzene rings is 3. The van der Waals surface area contributed by atoms with Crippen molar-refractivity contribution in [1.29, 1.82) is 5.26 Å². The Morgan fingerprint density at radius 2 is 1.87 bits per heavy atom. The molecule has 0 saturated carbocycles. The molecule has 1 saturated heterocycles. The van der Waals surface area contributed by atoms with Crippen molar-refractivity contribution in [2.75, 3.05) is 19.7 Å². The van der Waals surface area contributed by atoms with Gasteiger partial charge in [-0.05, 0) is 74.5 Å². The molecule has 1 fully saturated rings. The number of nitrogens with zero attached hydrogens (tertiary/aromatic N) is 2. The first-order chi connectivity index (χ1) is 25.5. The Morgan fingerprint density at radius 1 is 1.06 bits per heavy atom. The van der Waals surface area contributed by atoms with E-state index in [0.717, 1.165) is 48.2 Å². The molecule has 1 unspecified atom stereocenters. The summed E-state index contributed by atoms with van der Waals surface area (Å²) in [5.74, 6) is 1.43. The topological polar surface area (TPSA) is 158 Å². The van der Waals surface area contributed by atoms with Crippen LogP contribution in [0.25, 0.3) is 11.1 Å². The van der Waals surface area contributed by atoms with Crippen molar-refractivity contribution in [2.45, 2.75) is 77.7 Å². The first-order valence-electron chi connectivity index (χ1n) is 17.5. The fourth-order valence-electron chi connectivity index (χ4n) is 6.39. The van der Waals surface area contributed by atoms with Gasteiger partial charge < -0.3 is 40.4 Å². The van der Waals surface area contributed by atoms with E-state index in [0.29, 0.717) is 57.0 Å². The highest BCUT2D eigenvalue weighted by Gasteiger charge is 2.34. The van der Waals surface area contributed by atoms with Gasteiger partial charge in [0.25, 0.3) is 0 Å². The minimum Gasteiger partial charge on any atom is -0.493 e. The number of amides is 1. The second kappa shape index (κ2) is 18.6. The lowest BCUT2D eigenvalue weighted by Gasteiger charge is -2.29. The van der Waals surface area contributed by atoms with Gasteiger partial charge in [0.15, 0.2) is 6.29 Å². The van der Waals surface area contributed by atoms with Crippen LogP contribution in [0.3, 0.4) is 0 Å². The summed E-state index contributed by atoms with van der Waals surface area (Å²) in [7, 11) is 0. The average Bonchev–Trinajstić information content (AvgIpc) is 3.60. The van der Waals surface area contributed by atoms with Gasteiger partial charge in [0.05, 0.1) is 28.8 Å². The largest absolute Gasteiger partial charge is 0.493 e. The lowest BCUT2D eigenvalue weighted by atomic mass is 9.92. The zero-order valence-electron chi connectivity index (χ0n) is 30.0. The third kappa shape index (κ3) is 10.6. The number of aliphatic hydroxyl groups excluding tert-OH is 1. The molecule has 1 aromatic heterocycles. The Morgan fingerprint density at radius 3 is 2.58 bits per heavy atom. The molecule has 13 heteroatoms. The van der Waals surface area contributed by atoms with E-state index in [-0.39, 0.29) is 31.2 Å². The minimum absolute atomic E-state index is 0.0462. The lowest BCUT2D eigenvalue weighted by molar-refractivity contribution is -0.120. The average molecular weight is 763 g/mol. The maximum absolute atomic E-state index is 12.0. The number of nitriles is 1. The highest BCUT2D eigenvalue weighted by Crippen LogP contribution is 2.39. The molecule has 11 nitrogen and oxygen atoms in total. The number of pyridine rings is 1. The zero-order valence-corrected chi connectivity index (χ0v) is 31.6. The minimum atomic E-state index is -1.56. The summed E-state index contributed by atoms with van der Waals surface area (Å²) in [5, 5.41) is 39.0. The molecule has 0 aliphatic carbocycles. The van der Waals surface area contributed by atoms with E-state index < -0.39 is 12.3 Å². The fraction of sp³-hybridized carbons (Fsp3) is 0.375. The van der Waals surface area contributed by atoms with Crippen molar-refractivity contribution >= 4 is 29.1 Å². The molecule has 280 valence electrons. The van der Waals surface area contributed by atoms with Crippen molar-refractivity contribution in [2.24, 2.45) is 0 Å². The molecule has 1 aliphatic rings. The summed E-state index contributed by atoms with van der Waals surface area (Å²) in [6.45, 7) is 7.62. The van der Waals surface area contributed by atoms with E-state index in [2.05, 4.69) is 27.0 Å². The molecular weight excluding hydrogens is 717 g/mol. The van der Waals surface area contributed by atoms with Crippen LogP contribution in [-0.2, 0) is 24.6 Å². The maximum Gasteiger partial charge on any atom is 0.217 e. The summed E-state index contributed by atoms with van der Waals surface area (Å²) in [6, 6.07) is 18.2. The number of hydrogen-bond acceptors (Lipinski definition) is 10. The number of ether oxygens (including phenoxy) is 3. The number of carbonyl (C=O) groups is 1. The number of aliphatic hydroxyl groups is 2. The summed E-state index contributed by atoms with van der Waals surface area (Å²) in [5.41, 5.74) is 4.95. The summed E-state index contributed by atoms with van der Waals surface area (Å²) < 4.78 is 19.1. The predicted octanol–water partition coefficient (Wildman–Crippen LogP) is 6.21. The SMILES string of the molecule is CC(=O)N[C@@]1(CCCOc2c(COc3cc(OCc4cncc(C#N)c4)cc(CNC(C)C(O)O)c3Cl)ccc(-c3ccccc3Cl)c2C)CCNC1. The highest BCUT2D eigenvalue weighted by atomic mass is 35.5. The maximum atomic E-state index is 12.0. The van der Waals surface area contributed by atoms with E-state index >= 15 is 0 Å². The molecule has 1 amide bonds. The first-order valence-corrected chi connectivity index (χ1v) is 18.3. The van der Waals surface area contributed by atoms with Crippen LogP contribution in [0.2, 0.25) is 10.0 Å². The van der Waals surface area contributed by atoms with Gasteiger partial charge in [-0.1, -0.05) is 53.5 Å². The Hall–Kier alpha value is -4.41. The van der Waals surface area contributed by atoms with E-state index in [1.165, 1.54) is 6.20 Å². The van der Waals surface area contributed by atoms with E-state index in [1.54, 1.807) is 38.2 Å². The molecule has 0 bridgehead atoms. The summed E-state index contributed by atoms with van der Waals surface area (Å²) in [4.78, 5) is 16.1. The van der Waals surface area contributed by atoms with Gasteiger partial charge in [0, 0.05) is 60.2 Å². The molecular formula is C40H45Cl2N5O6.